The van der Waals surface area contributed by atoms with Gasteiger partial charge < -0.3 is 10.6 Å². The zero-order chi connectivity index (χ0) is 15.8. The molecule has 0 fully saturated rings. The Morgan fingerprint density at radius 2 is 2.13 bits per heavy atom. The lowest BCUT2D eigenvalue weighted by Crippen LogP contribution is -2.36. The van der Waals surface area contributed by atoms with Crippen LogP contribution in [0.5, 0.6) is 0 Å². The molecule has 2 N–H and O–H groups in total. The number of nitrogens with two attached hydrogens (primary N) is 1. The fraction of sp³-hybridized carbons (Fsp3) is 0.200. The molecule has 23 heavy (non-hydrogen) atoms. The average Bonchev–Trinajstić information content (AvgIpc) is 3.19. The van der Waals surface area contributed by atoms with E-state index >= 15 is 0 Å². The molecule has 8 heteroatoms. The minimum absolute atomic E-state index is 0.192. The zero-order valence-electron chi connectivity index (χ0n) is 12.2. The fourth-order valence-corrected chi connectivity index (χ4v) is 3.38. The van der Waals surface area contributed by atoms with Crippen LogP contribution in [0.25, 0.3) is 5.69 Å². The number of amides is 1. The zero-order valence-corrected chi connectivity index (χ0v) is 13.0. The van der Waals surface area contributed by atoms with E-state index in [1.165, 1.54) is 11.8 Å². The molecule has 1 aromatic carbocycles. The second kappa shape index (κ2) is 5.54. The molecule has 2 aromatic rings. The normalized spacial score (nSPS) is 15.7. The number of thioether (sulfide) groups is 1. The van der Waals surface area contributed by atoms with E-state index in [9.17, 15) is 4.79 Å². The summed E-state index contributed by atoms with van der Waals surface area (Å²) in [4.78, 5) is 22.4. The maximum atomic E-state index is 11.1. The molecule has 0 unspecified atom stereocenters. The first-order valence-electron chi connectivity index (χ1n) is 7.19. The molecule has 0 spiro atoms. The number of aliphatic imine (C=N–C) groups is 2. The van der Waals surface area contributed by atoms with E-state index < -0.39 is 0 Å². The van der Waals surface area contributed by atoms with Gasteiger partial charge in [0.15, 0.2) is 11.0 Å². The van der Waals surface area contributed by atoms with Crippen molar-refractivity contribution in [2.45, 2.75) is 0 Å². The first-order chi connectivity index (χ1) is 11.2. The van der Waals surface area contributed by atoms with Gasteiger partial charge in [0.2, 0.25) is 5.91 Å². The van der Waals surface area contributed by atoms with Crippen molar-refractivity contribution in [1.82, 2.24) is 14.7 Å². The Morgan fingerprint density at radius 3 is 2.91 bits per heavy atom. The van der Waals surface area contributed by atoms with Gasteiger partial charge in [-0.15, -0.1) is 0 Å². The van der Waals surface area contributed by atoms with E-state index in [4.69, 9.17) is 10.7 Å². The Bertz CT molecular complexity index is 826. The Morgan fingerprint density at radius 1 is 1.30 bits per heavy atom. The lowest BCUT2D eigenvalue weighted by molar-refractivity contribution is -0.115. The third-order valence-corrected chi connectivity index (χ3v) is 4.60. The molecule has 0 atom stereocenters. The quantitative estimate of drug-likeness (QED) is 0.916. The molecular formula is C15H14N6OS. The summed E-state index contributed by atoms with van der Waals surface area (Å²) in [6, 6.07) is 9.82. The van der Waals surface area contributed by atoms with Crippen LogP contribution >= 0.6 is 11.8 Å². The van der Waals surface area contributed by atoms with Gasteiger partial charge in [-0.05, 0) is 12.1 Å². The van der Waals surface area contributed by atoms with Crippen LogP contribution in [0.3, 0.4) is 0 Å². The van der Waals surface area contributed by atoms with E-state index in [1.54, 1.807) is 10.9 Å². The summed E-state index contributed by atoms with van der Waals surface area (Å²) in [5, 5.41) is 5.20. The highest BCUT2D eigenvalue weighted by Crippen LogP contribution is 2.33. The van der Waals surface area contributed by atoms with Crippen molar-refractivity contribution in [3.8, 4) is 5.69 Å². The maximum absolute atomic E-state index is 11.1. The van der Waals surface area contributed by atoms with E-state index in [1.807, 2.05) is 35.2 Å². The molecule has 0 radical (unpaired) electrons. The third kappa shape index (κ3) is 2.40. The standard InChI is InChI=1S/C15H14N6OS/c16-12(22)9-23-15-19-14-11(13-17-6-7-20(13)15)8-18-21(14)10-4-2-1-3-5-10/h1-5,8H,6-7,9H2,(H2,16,22). The molecular weight excluding hydrogens is 312 g/mol. The number of hydrogen-bond acceptors (Lipinski definition) is 6. The number of rotatable bonds is 3. The lowest BCUT2D eigenvalue weighted by atomic mass is 10.2. The van der Waals surface area contributed by atoms with Crippen molar-refractivity contribution in [1.29, 1.82) is 0 Å². The van der Waals surface area contributed by atoms with Gasteiger partial charge in [-0.25, -0.2) is 9.67 Å². The van der Waals surface area contributed by atoms with Crippen LogP contribution in [-0.2, 0) is 4.79 Å². The highest BCUT2D eigenvalue weighted by molar-refractivity contribution is 8.14. The van der Waals surface area contributed by atoms with Crippen molar-refractivity contribution >= 4 is 34.5 Å². The lowest BCUT2D eigenvalue weighted by Gasteiger charge is -2.25. The van der Waals surface area contributed by atoms with E-state index in [2.05, 4.69) is 10.1 Å². The van der Waals surface area contributed by atoms with Crippen molar-refractivity contribution in [2.24, 2.45) is 15.7 Å². The summed E-state index contributed by atoms with van der Waals surface area (Å²) in [7, 11) is 0. The molecule has 1 aromatic heterocycles. The van der Waals surface area contributed by atoms with E-state index in [0.29, 0.717) is 6.54 Å². The Hall–Kier alpha value is -2.61. The van der Waals surface area contributed by atoms with Gasteiger partial charge in [-0.1, -0.05) is 30.0 Å². The van der Waals surface area contributed by atoms with Crippen molar-refractivity contribution in [3.63, 3.8) is 0 Å². The van der Waals surface area contributed by atoms with Crippen LogP contribution in [0.15, 0.2) is 46.5 Å². The highest BCUT2D eigenvalue weighted by Gasteiger charge is 2.32. The van der Waals surface area contributed by atoms with E-state index in [-0.39, 0.29) is 11.7 Å². The Kier molecular flexibility index (Phi) is 3.38. The number of amidine groups is 2. The number of para-hydroxylation sites is 1. The SMILES string of the molecule is NC(=O)CSC1=Nc2c(cnn2-c2ccccc2)C2=NCCN12. The number of hydrogen-bond donors (Lipinski definition) is 1. The summed E-state index contributed by atoms with van der Waals surface area (Å²) in [5.41, 5.74) is 7.11. The van der Waals surface area contributed by atoms with Crippen LogP contribution < -0.4 is 5.73 Å². The van der Waals surface area contributed by atoms with Gasteiger partial charge in [0.25, 0.3) is 0 Å². The predicted octanol–water partition coefficient (Wildman–Crippen LogP) is 1.15. The second-order valence-corrected chi connectivity index (χ2v) is 6.08. The van der Waals surface area contributed by atoms with Gasteiger partial charge in [0, 0.05) is 6.54 Å². The highest BCUT2D eigenvalue weighted by atomic mass is 32.2. The first kappa shape index (κ1) is 14.0. The van der Waals surface area contributed by atoms with Gasteiger partial charge >= 0.3 is 0 Å². The van der Waals surface area contributed by atoms with Crippen LogP contribution in [0.2, 0.25) is 0 Å². The van der Waals surface area contributed by atoms with Gasteiger partial charge in [0.1, 0.15) is 5.84 Å². The summed E-state index contributed by atoms with van der Waals surface area (Å²) in [6.07, 6.45) is 1.79. The smallest absolute Gasteiger partial charge is 0.227 e. The van der Waals surface area contributed by atoms with Gasteiger partial charge in [0.05, 0.1) is 29.7 Å². The third-order valence-electron chi connectivity index (χ3n) is 3.60. The molecule has 0 saturated carbocycles. The Labute approximate surface area is 136 Å². The molecule has 116 valence electrons. The molecule has 1 amide bonds. The number of nitrogens with zero attached hydrogens (tertiary/aromatic N) is 5. The monoisotopic (exact) mass is 326 g/mol. The van der Waals surface area contributed by atoms with Crippen LogP contribution in [0.4, 0.5) is 5.82 Å². The Balaban J connectivity index is 1.80. The minimum Gasteiger partial charge on any atom is -0.369 e. The van der Waals surface area contributed by atoms with Gasteiger partial charge in [-0.2, -0.15) is 5.10 Å². The van der Waals surface area contributed by atoms with E-state index in [0.717, 1.165) is 34.6 Å². The van der Waals surface area contributed by atoms with Crippen LogP contribution in [0, 0.1) is 0 Å². The van der Waals surface area contributed by atoms with Crippen molar-refractivity contribution < 1.29 is 4.79 Å². The van der Waals surface area contributed by atoms with Gasteiger partial charge in [-0.3, -0.25) is 9.79 Å². The van der Waals surface area contributed by atoms with Crippen molar-refractivity contribution in [3.05, 3.63) is 42.1 Å². The minimum atomic E-state index is -0.363. The molecule has 2 aliphatic rings. The summed E-state index contributed by atoms with van der Waals surface area (Å²) in [6.45, 7) is 1.47. The largest absolute Gasteiger partial charge is 0.369 e. The number of benzene rings is 1. The number of primary amides is 1. The second-order valence-electron chi connectivity index (χ2n) is 5.14. The van der Waals surface area contributed by atoms with Crippen LogP contribution in [0.1, 0.15) is 5.56 Å². The number of carbonyl (C=O) groups is 1. The molecule has 0 saturated heterocycles. The predicted molar refractivity (Wildman–Crippen MR) is 90.4 cm³/mol. The summed E-state index contributed by atoms with van der Waals surface area (Å²) in [5.74, 6) is 1.43. The average molecular weight is 326 g/mol. The fourth-order valence-electron chi connectivity index (χ4n) is 2.63. The molecule has 0 bridgehead atoms. The number of fused-ring (bicyclic) bond motifs is 3. The molecule has 3 heterocycles. The maximum Gasteiger partial charge on any atom is 0.227 e. The van der Waals surface area contributed by atoms with Crippen LogP contribution in [-0.4, -0.2) is 50.4 Å². The topological polar surface area (TPSA) is 88.9 Å². The summed E-state index contributed by atoms with van der Waals surface area (Å²) >= 11 is 1.33. The summed E-state index contributed by atoms with van der Waals surface area (Å²) < 4.78 is 1.79. The molecule has 2 aliphatic heterocycles. The molecule has 4 rings (SSSR count). The number of carbonyl (C=O) groups excluding carboxylic acids is 1. The molecule has 0 aliphatic carbocycles. The van der Waals surface area contributed by atoms with Crippen molar-refractivity contribution in [2.75, 3.05) is 18.8 Å². The first-order valence-corrected chi connectivity index (χ1v) is 8.18. The number of aromatic nitrogens is 2. The molecule has 7 nitrogen and oxygen atoms in total.